The topological polar surface area (TPSA) is 61.4 Å². The van der Waals surface area contributed by atoms with E-state index in [2.05, 4.69) is 10.6 Å². The van der Waals surface area contributed by atoms with Crippen LogP contribution in [0.5, 0.6) is 0 Å². The molecule has 1 aliphatic heterocycles. The number of hydrogen-bond acceptors (Lipinski definition) is 4. The molecule has 0 amide bonds. The Hall–Kier alpha value is -2.14. The van der Waals surface area contributed by atoms with Crippen molar-refractivity contribution in [1.82, 2.24) is 0 Å². The average Bonchev–Trinajstić information content (AvgIpc) is 2.36. The summed E-state index contributed by atoms with van der Waals surface area (Å²) in [7, 11) is 0. The molecule has 3 N–H and O–H groups in total. The molecule has 0 saturated carbocycles. The molecule has 1 aliphatic carbocycles. The molecule has 0 aromatic heterocycles. The lowest BCUT2D eigenvalue weighted by Gasteiger charge is -2.30. The summed E-state index contributed by atoms with van der Waals surface area (Å²) < 4.78 is 0. The first-order valence-corrected chi connectivity index (χ1v) is 5.89. The summed E-state index contributed by atoms with van der Waals surface area (Å²) in [5.41, 5.74) is 3.15. The molecule has 0 saturated heterocycles. The van der Waals surface area contributed by atoms with Crippen LogP contribution in [0.15, 0.2) is 47.8 Å². The molecule has 3 rings (SSSR count). The Bertz CT molecular complexity index is 619. The number of nitrogens with one attached hydrogen (secondary N) is 2. The van der Waals surface area contributed by atoms with Crippen LogP contribution in [0.4, 0.5) is 11.4 Å². The van der Waals surface area contributed by atoms with Gasteiger partial charge in [0.05, 0.1) is 22.8 Å². The lowest BCUT2D eigenvalue weighted by atomic mass is 9.93. The molecule has 4 nitrogen and oxygen atoms in total. The summed E-state index contributed by atoms with van der Waals surface area (Å²) in [6.07, 6.45) is 3.47. The summed E-state index contributed by atoms with van der Waals surface area (Å²) in [6.45, 7) is 0. The first-order valence-electron chi connectivity index (χ1n) is 5.49. The Balaban J connectivity index is 2.07. The molecular weight excluding hydrogens is 248 g/mol. The van der Waals surface area contributed by atoms with Gasteiger partial charge in [0, 0.05) is 4.86 Å². The van der Waals surface area contributed by atoms with Crippen LogP contribution in [0.2, 0.25) is 0 Å². The number of allylic oxidation sites excluding steroid dienone is 2. The van der Waals surface area contributed by atoms with Crippen molar-refractivity contribution in [2.24, 2.45) is 5.92 Å². The van der Waals surface area contributed by atoms with Gasteiger partial charge in [-0.05, 0) is 24.3 Å². The molecule has 1 heterocycles. The van der Waals surface area contributed by atoms with Gasteiger partial charge in [-0.1, -0.05) is 24.4 Å². The van der Waals surface area contributed by atoms with Gasteiger partial charge in [-0.25, -0.2) is 0 Å². The summed E-state index contributed by atoms with van der Waals surface area (Å²) in [6, 6.07) is 7.64. The van der Waals surface area contributed by atoms with E-state index in [9.17, 15) is 9.90 Å². The first-order chi connectivity index (χ1) is 8.66. The maximum Gasteiger partial charge on any atom is 0.317 e. The summed E-state index contributed by atoms with van der Waals surface area (Å²) in [4.78, 5) is 11.7. The fourth-order valence-corrected chi connectivity index (χ4v) is 2.42. The monoisotopic (exact) mass is 258 g/mol. The van der Waals surface area contributed by atoms with Crippen molar-refractivity contribution in [1.29, 1.82) is 0 Å². The Morgan fingerprint density at radius 3 is 2.50 bits per heavy atom. The zero-order chi connectivity index (χ0) is 12.7. The van der Waals surface area contributed by atoms with Crippen LogP contribution in [0.25, 0.3) is 0 Å². The van der Waals surface area contributed by atoms with Gasteiger partial charge in [0.2, 0.25) is 0 Å². The second kappa shape index (κ2) is 3.96. The predicted octanol–water partition coefficient (Wildman–Crippen LogP) is 2.38. The molecule has 1 unspecified atom stereocenters. The van der Waals surface area contributed by atoms with Gasteiger partial charge in [-0.3, -0.25) is 4.79 Å². The zero-order valence-electron chi connectivity index (χ0n) is 9.31. The highest BCUT2D eigenvalue weighted by atomic mass is 32.1. The van der Waals surface area contributed by atoms with Crippen LogP contribution in [0, 0.1) is 5.92 Å². The maximum absolute atomic E-state index is 11.3. The van der Waals surface area contributed by atoms with Crippen molar-refractivity contribution in [2.45, 2.75) is 0 Å². The van der Waals surface area contributed by atoms with Crippen molar-refractivity contribution in [2.75, 3.05) is 10.6 Å². The molecule has 0 bridgehead atoms. The smallest absolute Gasteiger partial charge is 0.317 e. The number of carbonyl (C=O) groups is 1. The number of fused-ring (bicyclic) bond motifs is 1. The Morgan fingerprint density at radius 1 is 1.17 bits per heavy atom. The molecule has 2 aliphatic rings. The summed E-state index contributed by atoms with van der Waals surface area (Å²) in [5, 5.41) is 15.6. The van der Waals surface area contributed by atoms with E-state index in [1.807, 2.05) is 24.3 Å². The first kappa shape index (κ1) is 11.0. The van der Waals surface area contributed by atoms with Gasteiger partial charge in [-0.2, -0.15) is 0 Å². The second-order valence-electron chi connectivity index (χ2n) is 4.13. The van der Waals surface area contributed by atoms with E-state index in [0.29, 0.717) is 10.6 Å². The normalized spacial score (nSPS) is 20.7. The quantitative estimate of drug-likeness (QED) is 0.675. The summed E-state index contributed by atoms with van der Waals surface area (Å²) >= 11 is 5.10. The molecule has 18 heavy (non-hydrogen) atoms. The minimum atomic E-state index is -0.939. The number of para-hydroxylation sites is 2. The number of benzene rings is 1. The number of anilines is 2. The lowest BCUT2D eigenvalue weighted by Crippen LogP contribution is -2.33. The lowest BCUT2D eigenvalue weighted by molar-refractivity contribution is -0.138. The van der Waals surface area contributed by atoms with Gasteiger partial charge in [-0.15, -0.1) is 0 Å². The number of rotatable bonds is 1. The van der Waals surface area contributed by atoms with Crippen LogP contribution in [0.3, 0.4) is 0 Å². The van der Waals surface area contributed by atoms with Crippen LogP contribution in [-0.4, -0.2) is 15.9 Å². The van der Waals surface area contributed by atoms with E-state index in [1.165, 1.54) is 0 Å². The van der Waals surface area contributed by atoms with Crippen LogP contribution in [0.1, 0.15) is 0 Å². The largest absolute Gasteiger partial charge is 0.480 e. The molecule has 5 heteroatoms. The molecule has 0 fully saturated rings. The summed E-state index contributed by atoms with van der Waals surface area (Å²) in [5.74, 6) is -1.73. The third kappa shape index (κ3) is 1.60. The molecule has 1 aromatic carbocycles. The van der Waals surface area contributed by atoms with Crippen molar-refractivity contribution < 1.29 is 9.90 Å². The van der Waals surface area contributed by atoms with Crippen molar-refractivity contribution in [3.05, 3.63) is 47.8 Å². The Labute approximate surface area is 109 Å². The van der Waals surface area contributed by atoms with Gasteiger partial charge in [0.15, 0.2) is 0 Å². The number of thiocarbonyl (C=S) groups is 1. The highest BCUT2D eigenvalue weighted by molar-refractivity contribution is 7.80. The minimum Gasteiger partial charge on any atom is -0.480 e. The number of aliphatic carboxylic acids is 1. The zero-order valence-corrected chi connectivity index (χ0v) is 10.1. The van der Waals surface area contributed by atoms with Crippen LogP contribution in [-0.2, 0) is 4.79 Å². The SMILES string of the molecule is O=C(O)C1C(=S)C=CC2=C1Nc1ccccc1N2. The van der Waals surface area contributed by atoms with Crippen LogP contribution >= 0.6 is 12.2 Å². The maximum atomic E-state index is 11.3. The standard InChI is InChI=1S/C13H10N2O2S/c16-13(17)11-10(18)6-5-9-12(11)15-8-4-2-1-3-7(8)14-9/h1-6,11,14-15H,(H,16,17). The molecule has 1 atom stereocenters. The van der Waals surface area contributed by atoms with Gasteiger partial charge < -0.3 is 15.7 Å². The van der Waals surface area contributed by atoms with Crippen molar-refractivity contribution >= 4 is 34.4 Å². The van der Waals surface area contributed by atoms with Gasteiger partial charge >= 0.3 is 5.97 Å². The van der Waals surface area contributed by atoms with E-state index >= 15 is 0 Å². The van der Waals surface area contributed by atoms with Crippen molar-refractivity contribution in [3.63, 3.8) is 0 Å². The Morgan fingerprint density at radius 2 is 1.83 bits per heavy atom. The van der Waals surface area contributed by atoms with E-state index < -0.39 is 11.9 Å². The minimum absolute atomic E-state index is 0.412. The van der Waals surface area contributed by atoms with E-state index in [1.54, 1.807) is 12.2 Å². The molecule has 0 spiro atoms. The van der Waals surface area contributed by atoms with Crippen LogP contribution < -0.4 is 10.6 Å². The van der Waals surface area contributed by atoms with Gasteiger partial charge in [0.25, 0.3) is 0 Å². The van der Waals surface area contributed by atoms with Crippen molar-refractivity contribution in [3.8, 4) is 0 Å². The number of carboxylic acids is 1. The van der Waals surface area contributed by atoms with Gasteiger partial charge in [0.1, 0.15) is 5.92 Å². The van der Waals surface area contributed by atoms with E-state index in [-0.39, 0.29) is 0 Å². The highest BCUT2D eigenvalue weighted by Gasteiger charge is 2.33. The molecular formula is C13H10N2O2S. The third-order valence-corrected chi connectivity index (χ3v) is 3.36. The molecule has 90 valence electrons. The second-order valence-corrected chi connectivity index (χ2v) is 4.60. The molecule has 0 radical (unpaired) electrons. The molecule has 1 aromatic rings. The fourth-order valence-electron chi connectivity index (χ4n) is 2.13. The number of carboxylic acid groups (broad SMARTS) is 1. The number of hydrogen-bond donors (Lipinski definition) is 3. The fraction of sp³-hybridized carbons (Fsp3) is 0.0769. The average molecular weight is 258 g/mol. The highest BCUT2D eigenvalue weighted by Crippen LogP contribution is 2.35. The van der Waals surface area contributed by atoms with E-state index in [4.69, 9.17) is 12.2 Å². The van der Waals surface area contributed by atoms with E-state index in [0.717, 1.165) is 17.1 Å². The predicted molar refractivity (Wildman–Crippen MR) is 73.6 cm³/mol. The Kier molecular flexibility index (Phi) is 2.41. The third-order valence-electron chi connectivity index (χ3n) is 2.99.